The molecule has 2 unspecified atom stereocenters. The molecule has 1 saturated carbocycles. The lowest BCUT2D eigenvalue weighted by molar-refractivity contribution is -0.123. The van der Waals surface area contributed by atoms with E-state index in [0.717, 1.165) is 25.9 Å². The van der Waals surface area contributed by atoms with Crippen molar-refractivity contribution in [1.29, 1.82) is 0 Å². The molecule has 0 aromatic heterocycles. The van der Waals surface area contributed by atoms with Gasteiger partial charge >= 0.3 is 0 Å². The molecule has 0 heterocycles. The third kappa shape index (κ3) is 4.94. The van der Waals surface area contributed by atoms with Crippen LogP contribution in [0.5, 0.6) is 0 Å². The quantitative estimate of drug-likeness (QED) is 0.671. The predicted molar refractivity (Wildman–Crippen MR) is 64.1 cm³/mol. The summed E-state index contributed by atoms with van der Waals surface area (Å²) >= 11 is 0. The van der Waals surface area contributed by atoms with E-state index in [1.807, 2.05) is 0 Å². The van der Waals surface area contributed by atoms with E-state index >= 15 is 0 Å². The smallest absolute Gasteiger partial charge is 0.222 e. The SMILES string of the molecule is CCCOCCC(=O)NC1CCCCC1N. The molecule has 0 aromatic rings. The average molecular weight is 228 g/mol. The largest absolute Gasteiger partial charge is 0.381 e. The van der Waals surface area contributed by atoms with E-state index in [2.05, 4.69) is 12.2 Å². The van der Waals surface area contributed by atoms with Crippen LogP contribution in [0, 0.1) is 0 Å². The lowest BCUT2D eigenvalue weighted by Crippen LogP contribution is -2.49. The maximum Gasteiger partial charge on any atom is 0.222 e. The Morgan fingerprint density at radius 3 is 2.81 bits per heavy atom. The van der Waals surface area contributed by atoms with Crippen molar-refractivity contribution >= 4 is 5.91 Å². The molecule has 1 rings (SSSR count). The molecule has 94 valence electrons. The molecule has 0 radical (unpaired) electrons. The van der Waals surface area contributed by atoms with Crippen LogP contribution in [0.25, 0.3) is 0 Å². The second-order valence-corrected chi connectivity index (χ2v) is 4.48. The zero-order valence-electron chi connectivity index (χ0n) is 10.2. The highest BCUT2D eigenvalue weighted by atomic mass is 16.5. The van der Waals surface area contributed by atoms with Gasteiger partial charge in [-0.2, -0.15) is 0 Å². The molecule has 16 heavy (non-hydrogen) atoms. The number of hydrogen-bond acceptors (Lipinski definition) is 3. The first-order valence-corrected chi connectivity index (χ1v) is 6.36. The van der Waals surface area contributed by atoms with E-state index < -0.39 is 0 Å². The van der Waals surface area contributed by atoms with Crippen molar-refractivity contribution in [2.45, 2.75) is 57.5 Å². The number of hydrogen-bond donors (Lipinski definition) is 2. The Balaban J connectivity index is 2.12. The van der Waals surface area contributed by atoms with Crippen molar-refractivity contribution in [2.24, 2.45) is 5.73 Å². The van der Waals surface area contributed by atoms with E-state index in [1.165, 1.54) is 12.8 Å². The molecule has 4 heteroatoms. The molecule has 1 aliphatic carbocycles. The first kappa shape index (κ1) is 13.5. The van der Waals surface area contributed by atoms with Crippen LogP contribution in [0.15, 0.2) is 0 Å². The van der Waals surface area contributed by atoms with Gasteiger partial charge in [0.1, 0.15) is 0 Å². The summed E-state index contributed by atoms with van der Waals surface area (Å²) in [5.41, 5.74) is 5.96. The van der Waals surface area contributed by atoms with Gasteiger partial charge in [-0.25, -0.2) is 0 Å². The first-order valence-electron chi connectivity index (χ1n) is 6.36. The highest BCUT2D eigenvalue weighted by Crippen LogP contribution is 2.16. The van der Waals surface area contributed by atoms with E-state index in [0.29, 0.717) is 13.0 Å². The number of carbonyl (C=O) groups is 1. The van der Waals surface area contributed by atoms with Gasteiger partial charge in [0.15, 0.2) is 0 Å². The van der Waals surface area contributed by atoms with Crippen LogP contribution in [0.4, 0.5) is 0 Å². The summed E-state index contributed by atoms with van der Waals surface area (Å²) in [6.07, 6.45) is 5.84. The van der Waals surface area contributed by atoms with Gasteiger partial charge < -0.3 is 15.8 Å². The fourth-order valence-electron chi connectivity index (χ4n) is 2.03. The molecule has 0 saturated heterocycles. The van der Waals surface area contributed by atoms with Crippen LogP contribution >= 0.6 is 0 Å². The van der Waals surface area contributed by atoms with Crippen LogP contribution in [-0.2, 0) is 9.53 Å². The third-order valence-corrected chi connectivity index (χ3v) is 2.99. The Kier molecular flexibility index (Phi) is 6.42. The fraction of sp³-hybridized carbons (Fsp3) is 0.917. The minimum Gasteiger partial charge on any atom is -0.381 e. The number of nitrogens with two attached hydrogens (primary N) is 1. The van der Waals surface area contributed by atoms with E-state index in [4.69, 9.17) is 10.5 Å². The van der Waals surface area contributed by atoms with Gasteiger partial charge in [0, 0.05) is 25.1 Å². The van der Waals surface area contributed by atoms with Crippen LogP contribution in [0.2, 0.25) is 0 Å². The lowest BCUT2D eigenvalue weighted by Gasteiger charge is -2.29. The molecule has 0 bridgehead atoms. The lowest BCUT2D eigenvalue weighted by atomic mass is 9.91. The van der Waals surface area contributed by atoms with Gasteiger partial charge in [-0.15, -0.1) is 0 Å². The Labute approximate surface area is 97.9 Å². The van der Waals surface area contributed by atoms with Gasteiger partial charge in [0.25, 0.3) is 0 Å². The normalized spacial score (nSPS) is 25.4. The molecule has 1 amide bonds. The third-order valence-electron chi connectivity index (χ3n) is 2.99. The second kappa shape index (κ2) is 7.63. The van der Waals surface area contributed by atoms with Crippen molar-refractivity contribution in [2.75, 3.05) is 13.2 Å². The predicted octanol–water partition coefficient (Wildman–Crippen LogP) is 1.19. The summed E-state index contributed by atoms with van der Waals surface area (Å²) in [6.45, 7) is 3.30. The van der Waals surface area contributed by atoms with Crippen LogP contribution in [0.1, 0.15) is 45.4 Å². The monoisotopic (exact) mass is 228 g/mol. The van der Waals surface area contributed by atoms with Crippen LogP contribution in [0.3, 0.4) is 0 Å². The van der Waals surface area contributed by atoms with Gasteiger partial charge in [0.05, 0.1) is 6.61 Å². The Morgan fingerprint density at radius 1 is 1.38 bits per heavy atom. The van der Waals surface area contributed by atoms with Crippen molar-refractivity contribution < 1.29 is 9.53 Å². The molecular formula is C12H24N2O2. The number of carbonyl (C=O) groups excluding carboxylic acids is 1. The Bertz CT molecular complexity index is 209. The molecule has 1 fully saturated rings. The summed E-state index contributed by atoms with van der Waals surface area (Å²) in [5, 5.41) is 3.00. The first-order chi connectivity index (χ1) is 7.74. The number of rotatable bonds is 6. The second-order valence-electron chi connectivity index (χ2n) is 4.48. The summed E-state index contributed by atoms with van der Waals surface area (Å²) in [4.78, 5) is 11.6. The van der Waals surface area contributed by atoms with Crippen LogP contribution < -0.4 is 11.1 Å². The molecule has 1 aliphatic rings. The minimum absolute atomic E-state index is 0.0680. The Hall–Kier alpha value is -0.610. The minimum atomic E-state index is 0.0680. The number of ether oxygens (including phenoxy) is 1. The van der Waals surface area contributed by atoms with Crippen molar-refractivity contribution in [3.05, 3.63) is 0 Å². The highest BCUT2D eigenvalue weighted by Gasteiger charge is 2.22. The summed E-state index contributed by atoms with van der Waals surface area (Å²) in [5.74, 6) is 0.0680. The zero-order chi connectivity index (χ0) is 11.8. The summed E-state index contributed by atoms with van der Waals surface area (Å²) in [6, 6.07) is 0.307. The molecule has 0 aromatic carbocycles. The van der Waals surface area contributed by atoms with E-state index in [-0.39, 0.29) is 18.0 Å². The summed E-state index contributed by atoms with van der Waals surface area (Å²) in [7, 11) is 0. The Morgan fingerprint density at radius 2 is 2.12 bits per heavy atom. The molecule has 0 spiro atoms. The van der Waals surface area contributed by atoms with E-state index in [9.17, 15) is 4.79 Å². The van der Waals surface area contributed by atoms with Gasteiger partial charge in [0.2, 0.25) is 5.91 Å². The van der Waals surface area contributed by atoms with Gasteiger partial charge in [-0.3, -0.25) is 4.79 Å². The van der Waals surface area contributed by atoms with Crippen molar-refractivity contribution in [3.63, 3.8) is 0 Å². The van der Waals surface area contributed by atoms with Gasteiger partial charge in [-0.05, 0) is 19.3 Å². The fourth-order valence-corrected chi connectivity index (χ4v) is 2.03. The highest BCUT2D eigenvalue weighted by molar-refractivity contribution is 5.76. The number of amides is 1. The average Bonchev–Trinajstić information content (AvgIpc) is 2.28. The standard InChI is InChI=1S/C12H24N2O2/c1-2-8-16-9-7-12(15)14-11-6-4-3-5-10(11)13/h10-11H,2-9,13H2,1H3,(H,14,15). The maximum absolute atomic E-state index is 11.6. The van der Waals surface area contributed by atoms with Crippen LogP contribution in [-0.4, -0.2) is 31.2 Å². The molecule has 2 atom stereocenters. The molecule has 4 nitrogen and oxygen atoms in total. The van der Waals surface area contributed by atoms with Crippen molar-refractivity contribution in [3.8, 4) is 0 Å². The van der Waals surface area contributed by atoms with Crippen molar-refractivity contribution in [1.82, 2.24) is 5.32 Å². The molecular weight excluding hydrogens is 204 g/mol. The number of nitrogens with one attached hydrogen (secondary N) is 1. The topological polar surface area (TPSA) is 64.3 Å². The summed E-state index contributed by atoms with van der Waals surface area (Å²) < 4.78 is 5.28. The van der Waals surface area contributed by atoms with Gasteiger partial charge in [-0.1, -0.05) is 19.8 Å². The molecule has 3 N–H and O–H groups in total. The molecule has 0 aliphatic heterocycles. The zero-order valence-corrected chi connectivity index (χ0v) is 10.2. The maximum atomic E-state index is 11.6. The van der Waals surface area contributed by atoms with E-state index in [1.54, 1.807) is 0 Å².